The maximum absolute atomic E-state index is 14.0. The summed E-state index contributed by atoms with van der Waals surface area (Å²) in [7, 11) is -3.08. The van der Waals surface area contributed by atoms with Crippen molar-refractivity contribution in [2.24, 2.45) is 0 Å². The van der Waals surface area contributed by atoms with Crippen LogP contribution in [0.4, 0.5) is 14.5 Å². The molecule has 0 radical (unpaired) electrons. The first-order valence-electron chi connectivity index (χ1n) is 8.48. The molecule has 0 saturated heterocycles. The van der Waals surface area contributed by atoms with Crippen LogP contribution in [-0.2, 0) is 10.0 Å². The van der Waals surface area contributed by atoms with Crippen LogP contribution < -0.4 is 9.46 Å². The molecular formula is C18H14F2N6O3S. The molecule has 0 aliphatic carbocycles. The van der Waals surface area contributed by atoms with Gasteiger partial charge < -0.3 is 4.74 Å². The van der Waals surface area contributed by atoms with E-state index in [-0.39, 0.29) is 11.6 Å². The number of aromatic nitrogens is 5. The predicted molar refractivity (Wildman–Crippen MR) is 102 cm³/mol. The molecule has 1 N–H and O–H groups in total. The van der Waals surface area contributed by atoms with Crippen LogP contribution in [0.15, 0.2) is 47.8 Å². The summed E-state index contributed by atoms with van der Waals surface area (Å²) in [6.45, 7) is 1.81. The zero-order chi connectivity index (χ0) is 21.5. The Hall–Kier alpha value is -3.67. The summed E-state index contributed by atoms with van der Waals surface area (Å²) < 4.78 is 61.3. The molecule has 0 saturated carbocycles. The lowest BCUT2D eigenvalue weighted by Crippen LogP contribution is -2.16. The summed E-state index contributed by atoms with van der Waals surface area (Å²) in [4.78, 5) is 11.7. The Balaban J connectivity index is 1.76. The number of rotatable bonds is 5. The van der Waals surface area contributed by atoms with Crippen LogP contribution in [0.1, 0.15) is 5.69 Å². The van der Waals surface area contributed by atoms with Crippen molar-refractivity contribution in [3.05, 3.63) is 60.2 Å². The third-order valence-electron chi connectivity index (χ3n) is 4.17. The molecular weight excluding hydrogens is 418 g/mol. The summed E-state index contributed by atoms with van der Waals surface area (Å²) in [6, 6.07) is 3.59. The van der Waals surface area contributed by atoms with Gasteiger partial charge in [-0.25, -0.2) is 36.7 Å². The molecule has 0 fully saturated rings. The first kappa shape index (κ1) is 19.6. The van der Waals surface area contributed by atoms with E-state index in [1.807, 2.05) is 6.92 Å². The van der Waals surface area contributed by atoms with Crippen molar-refractivity contribution in [2.45, 2.75) is 11.8 Å². The number of hydrogen-bond acceptors (Lipinski definition) is 7. The van der Waals surface area contributed by atoms with Gasteiger partial charge in [-0.05, 0) is 25.1 Å². The molecule has 154 valence electrons. The number of imidazole rings is 1. The van der Waals surface area contributed by atoms with Gasteiger partial charge in [-0.2, -0.15) is 5.10 Å². The number of fused-ring (bicyclic) bond motifs is 1. The molecule has 3 heterocycles. The molecule has 0 unspecified atom stereocenters. The SMILES string of the molecule is COc1ncc(-c2cnc3ncc(C)n3n2)cc1NS(=O)(=O)c1ccc(F)cc1F. The lowest BCUT2D eigenvalue weighted by molar-refractivity contribution is 0.400. The summed E-state index contributed by atoms with van der Waals surface area (Å²) in [5.74, 6) is -1.75. The van der Waals surface area contributed by atoms with E-state index in [1.54, 1.807) is 6.20 Å². The number of methoxy groups -OCH3 is 1. The minimum absolute atomic E-state index is 0.0438. The minimum Gasteiger partial charge on any atom is -0.480 e. The number of sulfonamides is 1. The van der Waals surface area contributed by atoms with Crippen LogP contribution in [-0.4, -0.2) is 40.1 Å². The third-order valence-corrected chi connectivity index (χ3v) is 5.57. The predicted octanol–water partition coefficient (Wildman–Crippen LogP) is 2.58. The number of ether oxygens (including phenoxy) is 1. The highest BCUT2D eigenvalue weighted by molar-refractivity contribution is 7.92. The number of benzene rings is 1. The van der Waals surface area contributed by atoms with Crippen molar-refractivity contribution >= 4 is 21.5 Å². The molecule has 4 rings (SSSR count). The number of anilines is 1. The average molecular weight is 432 g/mol. The fourth-order valence-electron chi connectivity index (χ4n) is 2.74. The summed E-state index contributed by atoms with van der Waals surface area (Å²) in [5, 5.41) is 4.41. The number of hydrogen-bond donors (Lipinski definition) is 1. The van der Waals surface area contributed by atoms with Crippen LogP contribution >= 0.6 is 0 Å². The minimum atomic E-state index is -4.39. The number of nitrogens with zero attached hydrogens (tertiary/aromatic N) is 5. The Morgan fingerprint density at radius 3 is 2.57 bits per heavy atom. The smallest absolute Gasteiger partial charge is 0.264 e. The second kappa shape index (κ2) is 7.30. The van der Waals surface area contributed by atoms with Crippen LogP contribution in [0.5, 0.6) is 5.88 Å². The van der Waals surface area contributed by atoms with E-state index in [4.69, 9.17) is 4.74 Å². The lowest BCUT2D eigenvalue weighted by atomic mass is 10.2. The highest BCUT2D eigenvalue weighted by Gasteiger charge is 2.22. The maximum atomic E-state index is 14.0. The van der Waals surface area contributed by atoms with Crippen LogP contribution in [0.25, 0.3) is 17.0 Å². The molecule has 1 aromatic carbocycles. The maximum Gasteiger partial charge on any atom is 0.264 e. The first-order chi connectivity index (χ1) is 14.3. The van der Waals surface area contributed by atoms with E-state index in [9.17, 15) is 17.2 Å². The molecule has 0 spiro atoms. The lowest BCUT2D eigenvalue weighted by Gasteiger charge is -2.13. The summed E-state index contributed by atoms with van der Waals surface area (Å²) in [5.41, 5.74) is 1.53. The van der Waals surface area contributed by atoms with E-state index < -0.39 is 26.6 Å². The van der Waals surface area contributed by atoms with Crippen molar-refractivity contribution in [1.29, 1.82) is 0 Å². The van der Waals surface area contributed by atoms with Crippen molar-refractivity contribution in [3.63, 3.8) is 0 Å². The Labute approximate surface area is 169 Å². The van der Waals surface area contributed by atoms with Gasteiger partial charge in [0, 0.05) is 17.8 Å². The largest absolute Gasteiger partial charge is 0.480 e. The number of halogens is 2. The summed E-state index contributed by atoms with van der Waals surface area (Å²) in [6.07, 6.45) is 4.50. The third kappa shape index (κ3) is 3.52. The first-order valence-corrected chi connectivity index (χ1v) is 9.96. The van der Waals surface area contributed by atoms with Crippen LogP contribution in [0.2, 0.25) is 0 Å². The zero-order valence-electron chi connectivity index (χ0n) is 15.7. The van der Waals surface area contributed by atoms with E-state index in [0.717, 1.165) is 17.8 Å². The van der Waals surface area contributed by atoms with Gasteiger partial charge >= 0.3 is 0 Å². The van der Waals surface area contributed by atoms with Gasteiger partial charge in [0.1, 0.15) is 27.9 Å². The highest BCUT2D eigenvalue weighted by atomic mass is 32.2. The molecule has 30 heavy (non-hydrogen) atoms. The molecule has 0 aliphatic rings. The molecule has 12 heteroatoms. The molecule has 0 aliphatic heterocycles. The van der Waals surface area contributed by atoms with Gasteiger partial charge in [0.2, 0.25) is 5.88 Å². The number of aryl methyl sites for hydroxylation is 1. The van der Waals surface area contributed by atoms with Crippen LogP contribution in [0, 0.1) is 18.6 Å². The Kier molecular flexibility index (Phi) is 4.78. The molecule has 9 nitrogen and oxygen atoms in total. The van der Waals surface area contributed by atoms with Gasteiger partial charge in [0.15, 0.2) is 0 Å². The Bertz CT molecular complexity index is 1370. The van der Waals surface area contributed by atoms with E-state index in [2.05, 4.69) is 24.8 Å². The van der Waals surface area contributed by atoms with Crippen molar-refractivity contribution in [3.8, 4) is 17.1 Å². The van der Waals surface area contributed by atoms with Gasteiger partial charge in [-0.3, -0.25) is 4.72 Å². The van der Waals surface area contributed by atoms with Gasteiger partial charge in [0.05, 0.1) is 25.2 Å². The van der Waals surface area contributed by atoms with Crippen LogP contribution in [0.3, 0.4) is 0 Å². The van der Waals surface area contributed by atoms with Gasteiger partial charge in [0.25, 0.3) is 15.8 Å². The van der Waals surface area contributed by atoms with E-state index >= 15 is 0 Å². The highest BCUT2D eigenvalue weighted by Crippen LogP contribution is 2.29. The monoisotopic (exact) mass is 432 g/mol. The normalized spacial score (nSPS) is 11.6. The second-order valence-electron chi connectivity index (χ2n) is 6.22. The van der Waals surface area contributed by atoms with Crippen molar-refractivity contribution in [1.82, 2.24) is 24.6 Å². The number of nitrogens with one attached hydrogen (secondary N) is 1. The number of pyridine rings is 1. The van der Waals surface area contributed by atoms with Crippen molar-refractivity contribution in [2.75, 3.05) is 11.8 Å². The average Bonchev–Trinajstić information content (AvgIpc) is 3.07. The van der Waals surface area contributed by atoms with Gasteiger partial charge in [-0.1, -0.05) is 0 Å². The van der Waals surface area contributed by atoms with Gasteiger partial charge in [-0.15, -0.1) is 0 Å². The quantitative estimate of drug-likeness (QED) is 0.516. The fraction of sp³-hybridized carbons (Fsp3) is 0.111. The Morgan fingerprint density at radius 2 is 1.83 bits per heavy atom. The Morgan fingerprint density at radius 1 is 1.07 bits per heavy atom. The molecule has 0 bridgehead atoms. The zero-order valence-corrected chi connectivity index (χ0v) is 16.5. The molecule has 0 atom stereocenters. The summed E-state index contributed by atoms with van der Waals surface area (Å²) >= 11 is 0. The topological polar surface area (TPSA) is 111 Å². The second-order valence-corrected chi connectivity index (χ2v) is 7.87. The van der Waals surface area contributed by atoms with E-state index in [0.29, 0.717) is 23.1 Å². The van der Waals surface area contributed by atoms with E-state index in [1.165, 1.54) is 30.1 Å². The standard InChI is InChI=1S/C18H14F2N6O3S/c1-10-7-22-18-23-9-15(24-26(10)18)11-5-14(17(29-2)21-8-11)25-30(27,28)16-4-3-12(19)6-13(16)20/h3-9,25H,1-2H3. The molecule has 3 aromatic heterocycles. The molecule has 0 amide bonds. The fourth-order valence-corrected chi connectivity index (χ4v) is 3.84. The molecule has 4 aromatic rings. The van der Waals surface area contributed by atoms with Crippen molar-refractivity contribution < 1.29 is 21.9 Å².